The van der Waals surface area contributed by atoms with E-state index in [4.69, 9.17) is 4.74 Å². The lowest BCUT2D eigenvalue weighted by molar-refractivity contribution is -0.144. The summed E-state index contributed by atoms with van der Waals surface area (Å²) in [7, 11) is 1.50. The summed E-state index contributed by atoms with van der Waals surface area (Å²) in [5.74, 6) is -0.918. The van der Waals surface area contributed by atoms with Crippen molar-refractivity contribution in [3.8, 4) is 0 Å². The Balaban J connectivity index is 1.65. The molecule has 0 bridgehead atoms. The van der Waals surface area contributed by atoms with E-state index in [1.54, 1.807) is 12.1 Å². The molecule has 7 heteroatoms. The Morgan fingerprint density at radius 2 is 1.91 bits per heavy atom. The van der Waals surface area contributed by atoms with Crippen LogP contribution in [0.25, 0.3) is 0 Å². The molecule has 0 unspecified atom stereocenters. The van der Waals surface area contributed by atoms with E-state index in [1.807, 2.05) is 6.92 Å². The maximum Gasteiger partial charge on any atom is 0.246 e. The van der Waals surface area contributed by atoms with Gasteiger partial charge in [-0.3, -0.25) is 9.59 Å². The Morgan fingerprint density at radius 1 is 1.25 bits per heavy atom. The van der Waals surface area contributed by atoms with Crippen molar-refractivity contribution in [3.05, 3.63) is 35.6 Å². The Morgan fingerprint density at radius 3 is 2.56 bits per heavy atom. The molecule has 6 nitrogen and oxygen atoms in total. The van der Waals surface area contributed by atoms with E-state index in [0.717, 1.165) is 31.2 Å². The number of amides is 2. The molecule has 2 saturated carbocycles. The minimum atomic E-state index is -0.613. The quantitative estimate of drug-likeness (QED) is 0.598. The first-order chi connectivity index (χ1) is 15.2. The van der Waals surface area contributed by atoms with Crippen LogP contribution in [0.4, 0.5) is 4.39 Å². The van der Waals surface area contributed by atoms with Crippen molar-refractivity contribution in [1.82, 2.24) is 10.6 Å². The second kappa shape index (κ2) is 10.3. The highest BCUT2D eigenvalue weighted by molar-refractivity contribution is 5.78. The summed E-state index contributed by atoms with van der Waals surface area (Å²) >= 11 is 0. The van der Waals surface area contributed by atoms with Gasteiger partial charge in [0.05, 0.1) is 6.10 Å². The van der Waals surface area contributed by atoms with E-state index in [0.29, 0.717) is 6.54 Å². The van der Waals surface area contributed by atoms with Crippen LogP contribution in [0.15, 0.2) is 24.3 Å². The molecule has 32 heavy (non-hydrogen) atoms. The summed E-state index contributed by atoms with van der Waals surface area (Å²) < 4.78 is 18.0. The zero-order valence-electron chi connectivity index (χ0n) is 19.6. The molecule has 0 aromatic heterocycles. The third-order valence-electron chi connectivity index (χ3n) is 7.95. The molecule has 2 aliphatic rings. The highest BCUT2D eigenvalue weighted by atomic mass is 19.1. The van der Waals surface area contributed by atoms with Crippen LogP contribution in [0, 0.1) is 34.9 Å². The lowest BCUT2D eigenvalue weighted by Gasteiger charge is -2.56. The molecule has 178 valence electrons. The van der Waals surface area contributed by atoms with E-state index in [9.17, 15) is 19.1 Å². The molecule has 7 atom stereocenters. The Hall–Kier alpha value is -1.99. The second-order valence-corrected chi connectivity index (χ2v) is 10.0. The number of halogens is 1. The van der Waals surface area contributed by atoms with Gasteiger partial charge in [0.2, 0.25) is 11.8 Å². The number of benzene rings is 1. The highest BCUT2D eigenvalue weighted by Gasteiger charge is 2.53. The molecule has 3 N–H and O–H groups in total. The number of fused-ring (bicyclic) bond motifs is 1. The molecular weight excluding hydrogens is 411 g/mol. The van der Waals surface area contributed by atoms with E-state index < -0.39 is 6.10 Å². The fourth-order valence-electron chi connectivity index (χ4n) is 6.02. The van der Waals surface area contributed by atoms with E-state index in [-0.39, 0.29) is 59.4 Å². The molecule has 2 fully saturated rings. The second-order valence-electron chi connectivity index (χ2n) is 10.0. The maximum absolute atomic E-state index is 13.1. The lowest BCUT2D eigenvalue weighted by atomic mass is 9.51. The Bertz CT molecular complexity index is 802. The van der Waals surface area contributed by atoms with Crippen molar-refractivity contribution in [1.29, 1.82) is 0 Å². The standard InChI is InChI=1S/C25H37FN2O4/c1-15(24(31)27-13-17-5-7-18(26)8-6-17)19-9-11-25(3)12-10-20(28-21(29)14-32-4)16(2)22(25)23(19)30/h5-8,15-16,19-20,22-23,30H,9-14H2,1-4H3,(H,27,31)(H,28,29)/t15-,16+,19+,20-,22+,23-,25-/m0/s1. The topological polar surface area (TPSA) is 87.7 Å². The third-order valence-corrected chi connectivity index (χ3v) is 7.95. The maximum atomic E-state index is 13.1. The van der Waals surface area contributed by atoms with Crippen LogP contribution in [-0.2, 0) is 20.9 Å². The molecule has 0 saturated heterocycles. The van der Waals surface area contributed by atoms with Gasteiger partial charge in [-0.1, -0.05) is 32.9 Å². The average molecular weight is 449 g/mol. The summed E-state index contributed by atoms with van der Waals surface area (Å²) in [5.41, 5.74) is 0.835. The van der Waals surface area contributed by atoms with Crippen LogP contribution < -0.4 is 10.6 Å². The van der Waals surface area contributed by atoms with Gasteiger partial charge >= 0.3 is 0 Å². The summed E-state index contributed by atoms with van der Waals surface area (Å²) in [6.45, 7) is 6.58. The number of nitrogens with one attached hydrogen (secondary N) is 2. The van der Waals surface area contributed by atoms with Crippen LogP contribution in [0.1, 0.15) is 52.0 Å². The normalized spacial score (nSPS) is 33.1. The summed E-state index contributed by atoms with van der Waals surface area (Å²) in [6, 6.07) is 6.06. The van der Waals surface area contributed by atoms with E-state index in [2.05, 4.69) is 24.5 Å². The monoisotopic (exact) mass is 448 g/mol. The molecule has 0 radical (unpaired) electrons. The van der Waals surface area contributed by atoms with Crippen molar-refractivity contribution in [2.45, 2.75) is 65.1 Å². The number of aliphatic hydroxyl groups excluding tert-OH is 1. The molecule has 0 heterocycles. The zero-order valence-corrected chi connectivity index (χ0v) is 19.6. The van der Waals surface area contributed by atoms with Crippen LogP contribution in [0.5, 0.6) is 0 Å². The first-order valence-electron chi connectivity index (χ1n) is 11.6. The van der Waals surface area contributed by atoms with Crippen LogP contribution in [0.2, 0.25) is 0 Å². The zero-order chi connectivity index (χ0) is 23.5. The average Bonchev–Trinajstić information content (AvgIpc) is 2.75. The highest BCUT2D eigenvalue weighted by Crippen LogP contribution is 2.55. The van der Waals surface area contributed by atoms with Crippen molar-refractivity contribution in [3.63, 3.8) is 0 Å². The first kappa shape index (κ1) is 24.6. The van der Waals surface area contributed by atoms with Gasteiger partial charge in [-0.2, -0.15) is 0 Å². The molecule has 0 spiro atoms. The smallest absolute Gasteiger partial charge is 0.246 e. The van der Waals surface area contributed by atoms with Crippen molar-refractivity contribution in [2.75, 3.05) is 13.7 Å². The Labute approximate surface area is 190 Å². The van der Waals surface area contributed by atoms with Gasteiger partial charge < -0.3 is 20.5 Å². The number of ether oxygens (including phenoxy) is 1. The van der Waals surface area contributed by atoms with Crippen LogP contribution >= 0.6 is 0 Å². The van der Waals surface area contributed by atoms with Gasteiger partial charge in [0.15, 0.2) is 0 Å². The molecule has 0 aliphatic heterocycles. The SMILES string of the molecule is COCC(=O)N[C@H]1CC[C@]2(C)CC[C@H]([C@H](C)C(=O)NCc3ccc(F)cc3)[C@H](O)[C@H]2[C@@H]1C. The number of aliphatic hydroxyl groups is 1. The predicted octanol–water partition coefficient (Wildman–Crippen LogP) is 3.03. The first-order valence-corrected chi connectivity index (χ1v) is 11.6. The number of hydrogen-bond acceptors (Lipinski definition) is 4. The molecule has 2 amide bonds. The van der Waals surface area contributed by atoms with Gasteiger partial charge in [0, 0.05) is 25.6 Å². The molecular formula is C25H37FN2O4. The lowest BCUT2D eigenvalue weighted by Crippen LogP contribution is -2.58. The summed E-state index contributed by atoms with van der Waals surface area (Å²) in [4.78, 5) is 24.9. The van der Waals surface area contributed by atoms with Crippen LogP contribution in [0.3, 0.4) is 0 Å². The van der Waals surface area contributed by atoms with Gasteiger partial charge in [0.1, 0.15) is 12.4 Å². The molecule has 1 aromatic carbocycles. The third kappa shape index (κ3) is 5.31. The predicted molar refractivity (Wildman–Crippen MR) is 120 cm³/mol. The number of rotatable bonds is 7. The fraction of sp³-hybridized carbons (Fsp3) is 0.680. The number of carbonyl (C=O) groups is 2. The van der Waals surface area contributed by atoms with Gasteiger partial charge in [-0.05, 0) is 66.5 Å². The van der Waals surface area contributed by atoms with Crippen LogP contribution in [-0.4, -0.2) is 42.8 Å². The number of hydrogen-bond donors (Lipinski definition) is 3. The van der Waals surface area contributed by atoms with Gasteiger partial charge in [-0.15, -0.1) is 0 Å². The molecule has 3 rings (SSSR count). The van der Waals surface area contributed by atoms with Gasteiger partial charge in [0.25, 0.3) is 0 Å². The Kier molecular flexibility index (Phi) is 7.93. The van der Waals surface area contributed by atoms with Gasteiger partial charge in [-0.25, -0.2) is 4.39 Å². The molecule has 1 aromatic rings. The van der Waals surface area contributed by atoms with Crippen molar-refractivity contribution in [2.24, 2.45) is 29.1 Å². The number of methoxy groups -OCH3 is 1. The molecule has 2 aliphatic carbocycles. The van der Waals surface area contributed by atoms with Crippen molar-refractivity contribution < 1.29 is 23.8 Å². The fourth-order valence-corrected chi connectivity index (χ4v) is 6.02. The summed E-state index contributed by atoms with van der Waals surface area (Å²) in [5, 5.41) is 17.4. The largest absolute Gasteiger partial charge is 0.392 e. The minimum absolute atomic E-state index is 0.00211. The number of carbonyl (C=O) groups excluding carboxylic acids is 2. The summed E-state index contributed by atoms with van der Waals surface area (Å²) in [6.07, 6.45) is 2.96. The van der Waals surface area contributed by atoms with Crippen molar-refractivity contribution >= 4 is 11.8 Å². The van der Waals surface area contributed by atoms with E-state index >= 15 is 0 Å². The van der Waals surface area contributed by atoms with E-state index in [1.165, 1.54) is 19.2 Å². The minimum Gasteiger partial charge on any atom is -0.392 e.